The Kier molecular flexibility index (Phi) is 3.56. The van der Waals surface area contributed by atoms with E-state index >= 15 is 0 Å². The molecule has 14 heavy (non-hydrogen) atoms. The van der Waals surface area contributed by atoms with Crippen LogP contribution in [0.25, 0.3) is 0 Å². The molecule has 0 unspecified atom stereocenters. The number of para-hydroxylation sites is 1. The molecule has 78 valence electrons. The van der Waals surface area contributed by atoms with Crippen molar-refractivity contribution in [1.82, 2.24) is 0 Å². The monoisotopic (exact) mass is 257 g/mol. The molecule has 0 saturated carbocycles. The Bertz CT molecular complexity index is 323. The van der Waals surface area contributed by atoms with Gasteiger partial charge in [0, 0.05) is 0 Å². The molecular weight excluding hydrogens is 242 g/mol. The standard InChI is InChI=1S/C11H16BrNO/c1-11(2,7-13)6-8-4-3-5-9(12)10(8)14/h3-5,14H,6-7,13H2,1-2H3. The van der Waals surface area contributed by atoms with E-state index in [1.165, 1.54) is 0 Å². The lowest BCUT2D eigenvalue weighted by Gasteiger charge is -2.22. The maximum Gasteiger partial charge on any atom is 0.132 e. The molecule has 0 atom stereocenters. The molecule has 0 amide bonds. The minimum absolute atomic E-state index is 0.0261. The van der Waals surface area contributed by atoms with Crippen LogP contribution < -0.4 is 5.73 Å². The van der Waals surface area contributed by atoms with E-state index in [9.17, 15) is 5.11 Å². The van der Waals surface area contributed by atoms with Crippen molar-refractivity contribution < 1.29 is 5.11 Å². The van der Waals surface area contributed by atoms with Crippen molar-refractivity contribution in [3.63, 3.8) is 0 Å². The highest BCUT2D eigenvalue weighted by Gasteiger charge is 2.18. The lowest BCUT2D eigenvalue weighted by atomic mass is 9.86. The van der Waals surface area contributed by atoms with Gasteiger partial charge >= 0.3 is 0 Å². The minimum atomic E-state index is 0.0261. The molecule has 2 nitrogen and oxygen atoms in total. The number of aromatic hydroxyl groups is 1. The quantitative estimate of drug-likeness (QED) is 0.875. The van der Waals surface area contributed by atoms with E-state index in [2.05, 4.69) is 29.8 Å². The molecule has 0 bridgehead atoms. The van der Waals surface area contributed by atoms with Crippen LogP contribution in [-0.2, 0) is 6.42 Å². The van der Waals surface area contributed by atoms with Gasteiger partial charge in [-0.05, 0) is 45.9 Å². The molecule has 0 saturated heterocycles. The van der Waals surface area contributed by atoms with Crippen molar-refractivity contribution in [1.29, 1.82) is 0 Å². The molecule has 0 fully saturated rings. The van der Waals surface area contributed by atoms with Gasteiger partial charge in [0.15, 0.2) is 0 Å². The van der Waals surface area contributed by atoms with E-state index < -0.39 is 0 Å². The topological polar surface area (TPSA) is 46.2 Å². The van der Waals surface area contributed by atoms with Crippen molar-refractivity contribution in [3.05, 3.63) is 28.2 Å². The molecule has 0 heterocycles. The van der Waals surface area contributed by atoms with Crippen molar-refractivity contribution in [2.45, 2.75) is 20.3 Å². The smallest absolute Gasteiger partial charge is 0.132 e. The summed E-state index contributed by atoms with van der Waals surface area (Å²) >= 11 is 3.29. The number of rotatable bonds is 3. The number of hydrogen-bond acceptors (Lipinski definition) is 2. The number of halogens is 1. The summed E-state index contributed by atoms with van der Waals surface area (Å²) in [4.78, 5) is 0. The Labute approximate surface area is 93.3 Å². The lowest BCUT2D eigenvalue weighted by molar-refractivity contribution is 0.366. The molecule has 0 aliphatic rings. The highest BCUT2D eigenvalue weighted by Crippen LogP contribution is 2.31. The summed E-state index contributed by atoms with van der Waals surface area (Å²) in [6.45, 7) is 4.79. The largest absolute Gasteiger partial charge is 0.506 e. The maximum atomic E-state index is 9.77. The van der Waals surface area contributed by atoms with Gasteiger partial charge in [-0.15, -0.1) is 0 Å². The van der Waals surface area contributed by atoms with Gasteiger partial charge in [-0.3, -0.25) is 0 Å². The third-order valence-corrected chi connectivity index (χ3v) is 2.93. The first-order valence-corrected chi connectivity index (χ1v) is 5.42. The maximum absolute atomic E-state index is 9.77. The zero-order valence-corrected chi connectivity index (χ0v) is 10.1. The number of hydrogen-bond donors (Lipinski definition) is 2. The summed E-state index contributed by atoms with van der Waals surface area (Å²) in [5.74, 6) is 0.328. The van der Waals surface area contributed by atoms with E-state index in [-0.39, 0.29) is 5.41 Å². The molecule has 3 heteroatoms. The molecule has 0 aromatic heterocycles. The second kappa shape index (κ2) is 4.32. The first-order chi connectivity index (χ1) is 6.46. The lowest BCUT2D eigenvalue weighted by Crippen LogP contribution is -2.25. The minimum Gasteiger partial charge on any atom is -0.506 e. The van der Waals surface area contributed by atoms with E-state index in [0.717, 1.165) is 16.5 Å². The zero-order valence-electron chi connectivity index (χ0n) is 8.55. The summed E-state index contributed by atoms with van der Waals surface area (Å²) < 4.78 is 0.739. The Morgan fingerprint density at radius 3 is 2.64 bits per heavy atom. The Hall–Kier alpha value is -0.540. The van der Waals surface area contributed by atoms with Gasteiger partial charge in [0.25, 0.3) is 0 Å². The SMILES string of the molecule is CC(C)(CN)Cc1cccc(Br)c1O. The van der Waals surface area contributed by atoms with E-state index in [1.807, 2.05) is 18.2 Å². The van der Waals surface area contributed by atoms with Gasteiger partial charge in [-0.1, -0.05) is 26.0 Å². The molecular formula is C11H16BrNO. The van der Waals surface area contributed by atoms with Crippen LogP contribution in [0.15, 0.2) is 22.7 Å². The molecule has 1 aromatic rings. The van der Waals surface area contributed by atoms with Crippen molar-refractivity contribution in [3.8, 4) is 5.75 Å². The first-order valence-electron chi connectivity index (χ1n) is 4.63. The number of benzene rings is 1. The van der Waals surface area contributed by atoms with Crippen LogP contribution >= 0.6 is 15.9 Å². The average Bonchev–Trinajstić information content (AvgIpc) is 2.13. The zero-order chi connectivity index (χ0) is 10.8. The predicted octanol–water partition coefficient (Wildman–Crippen LogP) is 2.68. The summed E-state index contributed by atoms with van der Waals surface area (Å²) in [6.07, 6.45) is 0.786. The molecule has 1 aromatic carbocycles. The number of phenolic OH excluding ortho intramolecular Hbond substituents is 1. The van der Waals surface area contributed by atoms with Gasteiger partial charge in [-0.25, -0.2) is 0 Å². The van der Waals surface area contributed by atoms with Crippen LogP contribution in [0, 0.1) is 5.41 Å². The molecule has 0 spiro atoms. The normalized spacial score (nSPS) is 11.7. The fraction of sp³-hybridized carbons (Fsp3) is 0.455. The van der Waals surface area contributed by atoms with Crippen LogP contribution in [0.5, 0.6) is 5.75 Å². The Morgan fingerprint density at radius 2 is 2.07 bits per heavy atom. The van der Waals surface area contributed by atoms with Crippen LogP contribution in [0.3, 0.4) is 0 Å². The van der Waals surface area contributed by atoms with Crippen LogP contribution in [0.1, 0.15) is 19.4 Å². The van der Waals surface area contributed by atoms with Crippen molar-refractivity contribution in [2.75, 3.05) is 6.54 Å². The van der Waals surface area contributed by atoms with Crippen molar-refractivity contribution in [2.24, 2.45) is 11.1 Å². The van der Waals surface area contributed by atoms with E-state index in [1.54, 1.807) is 0 Å². The third kappa shape index (κ3) is 2.72. The highest BCUT2D eigenvalue weighted by molar-refractivity contribution is 9.10. The van der Waals surface area contributed by atoms with Crippen LogP contribution in [0.4, 0.5) is 0 Å². The summed E-state index contributed by atoms with van der Waals surface area (Å²) in [5, 5.41) is 9.77. The van der Waals surface area contributed by atoms with Gasteiger partial charge in [0.2, 0.25) is 0 Å². The fourth-order valence-electron chi connectivity index (χ4n) is 1.29. The summed E-state index contributed by atoms with van der Waals surface area (Å²) in [6, 6.07) is 5.68. The van der Waals surface area contributed by atoms with Crippen LogP contribution in [0.2, 0.25) is 0 Å². The summed E-state index contributed by atoms with van der Waals surface area (Å²) in [5.41, 5.74) is 6.61. The van der Waals surface area contributed by atoms with E-state index in [0.29, 0.717) is 12.3 Å². The predicted molar refractivity (Wildman–Crippen MR) is 62.3 cm³/mol. The number of phenols is 1. The Balaban J connectivity index is 2.92. The Morgan fingerprint density at radius 1 is 1.43 bits per heavy atom. The van der Waals surface area contributed by atoms with Gasteiger partial charge in [0.05, 0.1) is 4.47 Å². The van der Waals surface area contributed by atoms with E-state index in [4.69, 9.17) is 5.73 Å². The first kappa shape index (κ1) is 11.5. The van der Waals surface area contributed by atoms with Crippen LogP contribution in [-0.4, -0.2) is 11.7 Å². The molecule has 0 radical (unpaired) electrons. The second-order valence-electron chi connectivity index (χ2n) is 4.29. The molecule has 1 rings (SSSR count). The van der Waals surface area contributed by atoms with Gasteiger partial charge in [-0.2, -0.15) is 0 Å². The fourth-order valence-corrected chi connectivity index (χ4v) is 1.70. The molecule has 0 aliphatic heterocycles. The number of nitrogens with two attached hydrogens (primary N) is 1. The molecule has 3 N–H and O–H groups in total. The highest BCUT2D eigenvalue weighted by atomic mass is 79.9. The van der Waals surface area contributed by atoms with Gasteiger partial charge in [0.1, 0.15) is 5.75 Å². The average molecular weight is 258 g/mol. The second-order valence-corrected chi connectivity index (χ2v) is 5.15. The van der Waals surface area contributed by atoms with Gasteiger partial charge < -0.3 is 10.8 Å². The summed E-state index contributed by atoms with van der Waals surface area (Å²) in [7, 11) is 0. The third-order valence-electron chi connectivity index (χ3n) is 2.29. The van der Waals surface area contributed by atoms with Crippen molar-refractivity contribution >= 4 is 15.9 Å². The molecule has 0 aliphatic carbocycles.